The highest BCUT2D eigenvalue weighted by atomic mass is 79.9. The molecule has 1 heterocycles. The summed E-state index contributed by atoms with van der Waals surface area (Å²) in [6, 6.07) is 2.16. The molecule has 1 unspecified atom stereocenters. The van der Waals surface area contributed by atoms with E-state index in [1.165, 1.54) is 23.3 Å². The van der Waals surface area contributed by atoms with Gasteiger partial charge in [0.05, 0.1) is 5.69 Å². The summed E-state index contributed by atoms with van der Waals surface area (Å²) in [6.45, 7) is 4.43. The summed E-state index contributed by atoms with van der Waals surface area (Å²) in [7, 11) is 0. The van der Waals surface area contributed by atoms with Crippen molar-refractivity contribution in [2.24, 2.45) is 0 Å². The van der Waals surface area contributed by atoms with E-state index in [-0.39, 0.29) is 0 Å². The van der Waals surface area contributed by atoms with Gasteiger partial charge < -0.3 is 0 Å². The van der Waals surface area contributed by atoms with Crippen molar-refractivity contribution in [3.8, 4) is 0 Å². The lowest BCUT2D eigenvalue weighted by molar-refractivity contribution is 0.629. The quantitative estimate of drug-likeness (QED) is 0.731. The Balaban J connectivity index is 2.51. The van der Waals surface area contributed by atoms with Crippen molar-refractivity contribution in [3.05, 3.63) is 33.6 Å². The molecule has 2 rings (SSSR count). The van der Waals surface area contributed by atoms with Gasteiger partial charge in [0.2, 0.25) is 0 Å². The Bertz CT molecular complexity index is 382. The molecule has 0 radical (unpaired) electrons. The molecule has 0 saturated carbocycles. The molecule has 1 aromatic heterocycles. The van der Waals surface area contributed by atoms with Crippen LogP contribution in [0.5, 0.6) is 0 Å². The van der Waals surface area contributed by atoms with Crippen LogP contribution in [0.15, 0.2) is 22.3 Å². The Morgan fingerprint density at radius 1 is 1.57 bits per heavy atom. The Hall–Kier alpha value is -0.630. The van der Waals surface area contributed by atoms with Gasteiger partial charge in [0.15, 0.2) is 0 Å². The first-order valence-corrected chi connectivity index (χ1v) is 5.82. The maximum atomic E-state index is 4.51. The summed E-state index contributed by atoms with van der Waals surface area (Å²) in [5.74, 6) is 0.614. The maximum Gasteiger partial charge on any atom is 0.0510 e. The van der Waals surface area contributed by atoms with E-state index in [9.17, 15) is 0 Å². The smallest absolute Gasteiger partial charge is 0.0510 e. The zero-order chi connectivity index (χ0) is 10.1. The average molecular weight is 252 g/mol. The van der Waals surface area contributed by atoms with Crippen LogP contribution in [0, 0.1) is 0 Å². The van der Waals surface area contributed by atoms with Crippen LogP contribution in [-0.4, -0.2) is 4.98 Å². The number of aromatic nitrogens is 1. The second-order valence-corrected chi connectivity index (χ2v) is 4.84. The second-order valence-electron chi connectivity index (χ2n) is 3.93. The lowest BCUT2D eigenvalue weighted by Gasteiger charge is -2.22. The molecule has 14 heavy (non-hydrogen) atoms. The van der Waals surface area contributed by atoms with E-state index in [4.69, 9.17) is 0 Å². The van der Waals surface area contributed by atoms with Crippen molar-refractivity contribution >= 4 is 22.0 Å². The Kier molecular flexibility index (Phi) is 2.73. The first-order chi connectivity index (χ1) is 6.70. The van der Waals surface area contributed by atoms with Crippen molar-refractivity contribution in [3.63, 3.8) is 0 Å². The zero-order valence-electron chi connectivity index (χ0n) is 8.55. The topological polar surface area (TPSA) is 12.9 Å². The summed E-state index contributed by atoms with van der Waals surface area (Å²) in [5.41, 5.74) is 4.01. The van der Waals surface area contributed by atoms with E-state index >= 15 is 0 Å². The van der Waals surface area contributed by atoms with Gasteiger partial charge in [-0.05, 0) is 47.3 Å². The van der Waals surface area contributed by atoms with E-state index in [0.29, 0.717) is 5.92 Å². The van der Waals surface area contributed by atoms with Gasteiger partial charge in [0, 0.05) is 16.6 Å². The SMILES string of the molecule is CCC1CC(C)=Cc2cc(Br)cnc21. The van der Waals surface area contributed by atoms with E-state index in [1.807, 2.05) is 6.20 Å². The summed E-state index contributed by atoms with van der Waals surface area (Å²) in [6.07, 6.45) is 6.49. The number of nitrogens with zero attached hydrogens (tertiary/aromatic N) is 1. The molecule has 74 valence electrons. The molecule has 0 spiro atoms. The standard InChI is InChI=1S/C12H14BrN/c1-3-9-4-8(2)5-10-6-11(13)7-14-12(9)10/h5-7,9H,3-4H2,1-2H3. The molecule has 0 bridgehead atoms. The molecule has 2 heteroatoms. The van der Waals surface area contributed by atoms with Crippen molar-refractivity contribution in [1.82, 2.24) is 4.98 Å². The van der Waals surface area contributed by atoms with Crippen LogP contribution in [0.4, 0.5) is 0 Å². The van der Waals surface area contributed by atoms with Gasteiger partial charge in [0.25, 0.3) is 0 Å². The van der Waals surface area contributed by atoms with Crippen molar-refractivity contribution in [2.75, 3.05) is 0 Å². The molecular weight excluding hydrogens is 238 g/mol. The van der Waals surface area contributed by atoms with Crippen LogP contribution in [-0.2, 0) is 0 Å². The minimum Gasteiger partial charge on any atom is -0.259 e. The molecule has 1 aliphatic rings. The molecule has 0 N–H and O–H groups in total. The third kappa shape index (κ3) is 1.76. The van der Waals surface area contributed by atoms with Gasteiger partial charge in [-0.1, -0.05) is 18.6 Å². The maximum absolute atomic E-state index is 4.51. The van der Waals surface area contributed by atoms with Crippen LogP contribution < -0.4 is 0 Å². The highest BCUT2D eigenvalue weighted by Gasteiger charge is 2.19. The lowest BCUT2D eigenvalue weighted by Crippen LogP contribution is -2.07. The fourth-order valence-corrected chi connectivity index (χ4v) is 2.42. The van der Waals surface area contributed by atoms with Gasteiger partial charge in [-0.2, -0.15) is 0 Å². The molecule has 0 saturated heterocycles. The molecule has 1 aromatic rings. The Labute approximate surface area is 93.4 Å². The van der Waals surface area contributed by atoms with Crippen LogP contribution in [0.3, 0.4) is 0 Å². The number of hydrogen-bond acceptors (Lipinski definition) is 1. The Morgan fingerprint density at radius 2 is 2.36 bits per heavy atom. The van der Waals surface area contributed by atoms with Gasteiger partial charge in [-0.3, -0.25) is 4.98 Å². The molecule has 0 fully saturated rings. The number of halogens is 1. The minimum absolute atomic E-state index is 0.614. The zero-order valence-corrected chi connectivity index (χ0v) is 10.1. The number of rotatable bonds is 1. The summed E-state index contributed by atoms with van der Waals surface area (Å²) < 4.78 is 1.07. The van der Waals surface area contributed by atoms with Crippen molar-refractivity contribution in [1.29, 1.82) is 0 Å². The van der Waals surface area contributed by atoms with Gasteiger partial charge >= 0.3 is 0 Å². The van der Waals surface area contributed by atoms with E-state index in [1.54, 1.807) is 0 Å². The highest BCUT2D eigenvalue weighted by Crippen LogP contribution is 2.34. The predicted molar refractivity (Wildman–Crippen MR) is 63.2 cm³/mol. The molecule has 1 atom stereocenters. The monoisotopic (exact) mass is 251 g/mol. The first-order valence-electron chi connectivity index (χ1n) is 5.03. The minimum atomic E-state index is 0.614. The normalized spacial score (nSPS) is 20.2. The van der Waals surface area contributed by atoms with Crippen LogP contribution in [0.25, 0.3) is 6.08 Å². The molecule has 0 aromatic carbocycles. The fourth-order valence-electron chi connectivity index (χ4n) is 2.07. The van der Waals surface area contributed by atoms with Gasteiger partial charge in [-0.15, -0.1) is 0 Å². The summed E-state index contributed by atoms with van der Waals surface area (Å²) in [4.78, 5) is 4.51. The average Bonchev–Trinajstić information content (AvgIpc) is 2.15. The summed E-state index contributed by atoms with van der Waals surface area (Å²) in [5, 5.41) is 0. The number of fused-ring (bicyclic) bond motifs is 1. The van der Waals surface area contributed by atoms with Crippen molar-refractivity contribution < 1.29 is 0 Å². The van der Waals surface area contributed by atoms with Crippen molar-refractivity contribution in [2.45, 2.75) is 32.6 Å². The Morgan fingerprint density at radius 3 is 3.07 bits per heavy atom. The molecule has 1 aliphatic carbocycles. The van der Waals surface area contributed by atoms with Gasteiger partial charge in [-0.25, -0.2) is 0 Å². The highest BCUT2D eigenvalue weighted by molar-refractivity contribution is 9.10. The molecular formula is C12H14BrN. The van der Waals surface area contributed by atoms with Crippen LogP contribution in [0.2, 0.25) is 0 Å². The molecule has 0 amide bonds. The number of hydrogen-bond donors (Lipinski definition) is 0. The molecule has 0 aliphatic heterocycles. The fraction of sp³-hybridized carbons (Fsp3) is 0.417. The predicted octanol–water partition coefficient (Wildman–Crippen LogP) is 4.14. The number of allylic oxidation sites excluding steroid dienone is 1. The van der Waals surface area contributed by atoms with Crippen LogP contribution >= 0.6 is 15.9 Å². The third-order valence-corrected chi connectivity index (χ3v) is 3.20. The van der Waals surface area contributed by atoms with E-state index in [0.717, 1.165) is 10.9 Å². The largest absolute Gasteiger partial charge is 0.259 e. The second kappa shape index (κ2) is 3.85. The summed E-state index contributed by atoms with van der Waals surface area (Å²) >= 11 is 3.46. The lowest BCUT2D eigenvalue weighted by atomic mass is 9.86. The molecule has 1 nitrogen and oxygen atoms in total. The number of pyridine rings is 1. The van der Waals surface area contributed by atoms with E-state index in [2.05, 4.69) is 46.9 Å². The third-order valence-electron chi connectivity index (χ3n) is 2.77. The van der Waals surface area contributed by atoms with Gasteiger partial charge in [0.1, 0.15) is 0 Å². The first kappa shape index (κ1) is 9.91. The van der Waals surface area contributed by atoms with E-state index < -0.39 is 0 Å². The van der Waals surface area contributed by atoms with Crippen LogP contribution in [0.1, 0.15) is 43.9 Å².